The summed E-state index contributed by atoms with van der Waals surface area (Å²) in [5, 5.41) is 5.28. The third kappa shape index (κ3) is 2.27. The van der Waals surface area contributed by atoms with Gasteiger partial charge >= 0.3 is 0 Å². The summed E-state index contributed by atoms with van der Waals surface area (Å²) < 4.78 is 1.83. The molecule has 5 rings (SSSR count). The first kappa shape index (κ1) is 16.8. The van der Waals surface area contributed by atoms with Gasteiger partial charge in [0.1, 0.15) is 0 Å². The van der Waals surface area contributed by atoms with Gasteiger partial charge in [0.25, 0.3) is 0 Å². The number of allylic oxidation sites excluding steroid dienone is 2. The van der Waals surface area contributed by atoms with Crippen LogP contribution in [-0.2, 0) is 16.1 Å². The van der Waals surface area contributed by atoms with Crippen LogP contribution in [-0.4, -0.2) is 21.6 Å². The first-order valence-electron chi connectivity index (χ1n) is 9.31. The highest BCUT2D eigenvalue weighted by Crippen LogP contribution is 2.53. The molecular formula is C21H20ClN3O2. The Kier molecular flexibility index (Phi) is 3.60. The fraction of sp³-hybridized carbons (Fsp3) is 0.381. The molecule has 3 aliphatic rings. The lowest BCUT2D eigenvalue weighted by Crippen LogP contribution is -2.33. The molecule has 0 spiro atoms. The number of hydrogen-bond acceptors (Lipinski definition) is 3. The Morgan fingerprint density at radius 3 is 2.33 bits per heavy atom. The van der Waals surface area contributed by atoms with Crippen molar-refractivity contribution in [2.24, 2.45) is 23.7 Å². The molecule has 2 amide bonds. The van der Waals surface area contributed by atoms with Crippen molar-refractivity contribution in [1.29, 1.82) is 0 Å². The van der Waals surface area contributed by atoms with Crippen LogP contribution < -0.4 is 4.90 Å². The van der Waals surface area contributed by atoms with E-state index in [4.69, 9.17) is 11.6 Å². The van der Waals surface area contributed by atoms with Gasteiger partial charge < -0.3 is 0 Å². The monoisotopic (exact) mass is 381 g/mol. The van der Waals surface area contributed by atoms with Gasteiger partial charge in [0.15, 0.2) is 0 Å². The van der Waals surface area contributed by atoms with Crippen LogP contribution in [0.3, 0.4) is 0 Å². The van der Waals surface area contributed by atoms with Crippen LogP contribution in [0.15, 0.2) is 36.4 Å². The van der Waals surface area contributed by atoms with Gasteiger partial charge in [-0.3, -0.25) is 14.3 Å². The molecule has 1 aromatic carbocycles. The molecule has 1 saturated heterocycles. The molecule has 0 radical (unpaired) electrons. The largest absolute Gasteiger partial charge is 0.274 e. The molecule has 138 valence electrons. The van der Waals surface area contributed by atoms with Gasteiger partial charge in [0.2, 0.25) is 11.8 Å². The molecule has 0 unspecified atom stereocenters. The molecule has 1 saturated carbocycles. The Morgan fingerprint density at radius 2 is 1.70 bits per heavy atom. The van der Waals surface area contributed by atoms with E-state index in [0.717, 1.165) is 17.7 Å². The van der Waals surface area contributed by atoms with Crippen molar-refractivity contribution in [3.63, 3.8) is 0 Å². The number of fused-ring (bicyclic) bond motifs is 5. The number of aromatic nitrogens is 2. The molecule has 2 aliphatic carbocycles. The zero-order chi connectivity index (χ0) is 18.9. The highest BCUT2D eigenvalue weighted by Gasteiger charge is 2.60. The zero-order valence-electron chi connectivity index (χ0n) is 15.2. The lowest BCUT2D eigenvalue weighted by atomic mass is 9.85. The summed E-state index contributed by atoms with van der Waals surface area (Å²) in [6.45, 7) is 4.27. The second-order valence-corrected chi connectivity index (χ2v) is 8.19. The van der Waals surface area contributed by atoms with Crippen molar-refractivity contribution in [2.45, 2.75) is 26.8 Å². The molecule has 2 heterocycles. The van der Waals surface area contributed by atoms with Crippen LogP contribution in [0.5, 0.6) is 0 Å². The van der Waals surface area contributed by atoms with Crippen LogP contribution in [0.1, 0.15) is 23.4 Å². The summed E-state index contributed by atoms with van der Waals surface area (Å²) in [6, 6.07) is 7.63. The molecule has 1 aromatic heterocycles. The summed E-state index contributed by atoms with van der Waals surface area (Å²) in [5.41, 5.74) is 3.11. The molecule has 1 aliphatic heterocycles. The van der Waals surface area contributed by atoms with Crippen LogP contribution in [0.4, 0.5) is 5.69 Å². The molecule has 2 fully saturated rings. The van der Waals surface area contributed by atoms with Gasteiger partial charge in [-0.1, -0.05) is 42.0 Å². The predicted octanol–water partition coefficient (Wildman–Crippen LogP) is 3.51. The van der Waals surface area contributed by atoms with Crippen molar-refractivity contribution >= 4 is 29.1 Å². The topological polar surface area (TPSA) is 55.2 Å². The Morgan fingerprint density at radius 1 is 1.07 bits per heavy atom. The van der Waals surface area contributed by atoms with Crippen LogP contribution in [0.2, 0.25) is 5.02 Å². The van der Waals surface area contributed by atoms with Crippen molar-refractivity contribution in [3.05, 3.63) is 58.4 Å². The Hall–Kier alpha value is -2.40. The van der Waals surface area contributed by atoms with E-state index in [1.54, 1.807) is 0 Å². The predicted molar refractivity (Wildman–Crippen MR) is 102 cm³/mol. The number of imide groups is 1. The third-order valence-corrected chi connectivity index (χ3v) is 6.68. The number of halogens is 1. The van der Waals surface area contributed by atoms with Crippen molar-refractivity contribution in [3.8, 4) is 0 Å². The van der Waals surface area contributed by atoms with Crippen LogP contribution >= 0.6 is 11.6 Å². The molecule has 4 atom stereocenters. The molecule has 2 bridgehead atoms. The van der Waals surface area contributed by atoms with E-state index in [-0.39, 0.29) is 35.5 Å². The smallest absolute Gasteiger partial charge is 0.238 e. The second kappa shape index (κ2) is 5.80. The van der Waals surface area contributed by atoms with Crippen molar-refractivity contribution < 1.29 is 9.59 Å². The maximum atomic E-state index is 13.1. The normalized spacial score (nSPS) is 28.5. The van der Waals surface area contributed by atoms with Gasteiger partial charge in [-0.25, -0.2) is 4.90 Å². The van der Waals surface area contributed by atoms with Crippen LogP contribution in [0, 0.1) is 37.5 Å². The van der Waals surface area contributed by atoms with Crippen molar-refractivity contribution in [2.75, 3.05) is 4.90 Å². The highest BCUT2D eigenvalue weighted by atomic mass is 35.5. The minimum atomic E-state index is -0.196. The highest BCUT2D eigenvalue weighted by molar-refractivity contribution is 6.31. The van der Waals surface area contributed by atoms with E-state index < -0.39 is 0 Å². The third-order valence-electron chi connectivity index (χ3n) is 6.32. The number of benzene rings is 1. The molecule has 5 nitrogen and oxygen atoms in total. The van der Waals surface area contributed by atoms with Crippen LogP contribution in [0.25, 0.3) is 0 Å². The Balaban J connectivity index is 1.52. The van der Waals surface area contributed by atoms with E-state index >= 15 is 0 Å². The van der Waals surface area contributed by atoms with E-state index in [9.17, 15) is 9.59 Å². The van der Waals surface area contributed by atoms with Gasteiger partial charge in [0.05, 0.1) is 35.5 Å². The summed E-state index contributed by atoms with van der Waals surface area (Å²) >= 11 is 6.28. The number of nitrogens with zero attached hydrogens (tertiary/aromatic N) is 3. The van der Waals surface area contributed by atoms with Gasteiger partial charge in [-0.15, -0.1) is 0 Å². The fourth-order valence-corrected chi connectivity index (χ4v) is 5.27. The molecule has 27 heavy (non-hydrogen) atoms. The second-order valence-electron chi connectivity index (χ2n) is 7.78. The average Bonchev–Trinajstić information content (AvgIpc) is 3.37. The maximum Gasteiger partial charge on any atom is 0.238 e. The number of carbonyl (C=O) groups excluding carboxylic acids is 2. The molecule has 6 heteroatoms. The number of anilines is 1. The Labute approximate surface area is 162 Å². The average molecular weight is 382 g/mol. The summed E-state index contributed by atoms with van der Waals surface area (Å²) in [5.74, 6) is -0.104. The van der Waals surface area contributed by atoms with Gasteiger partial charge in [-0.05, 0) is 43.7 Å². The fourth-order valence-electron chi connectivity index (χ4n) is 5.08. The zero-order valence-corrected chi connectivity index (χ0v) is 16.0. The number of rotatable bonds is 3. The molecule has 0 N–H and O–H groups in total. The van der Waals surface area contributed by atoms with E-state index in [1.165, 1.54) is 4.90 Å². The number of hydrogen-bond donors (Lipinski definition) is 0. The first-order chi connectivity index (χ1) is 13.0. The summed E-state index contributed by atoms with van der Waals surface area (Å²) in [6.07, 6.45) is 5.16. The summed E-state index contributed by atoms with van der Waals surface area (Å²) in [7, 11) is 0. The number of aryl methyl sites for hydroxylation is 1. The summed E-state index contributed by atoms with van der Waals surface area (Å²) in [4.78, 5) is 27.7. The van der Waals surface area contributed by atoms with Gasteiger partial charge in [-0.2, -0.15) is 5.10 Å². The van der Waals surface area contributed by atoms with E-state index in [0.29, 0.717) is 22.9 Å². The standard InChI is InChI=1S/C21H20ClN3O2/c1-11-19(12(2)24(23-11)10-15-5-3-4-6-16(15)22)25-20(26)17-13-7-8-14(9-13)18(17)21(25)27/h3-8,13-14,17-18H,9-10H2,1-2H3/t13-,14+,17-,18-/m0/s1. The maximum absolute atomic E-state index is 13.1. The van der Waals surface area contributed by atoms with Crippen molar-refractivity contribution in [1.82, 2.24) is 9.78 Å². The lowest BCUT2D eigenvalue weighted by Gasteiger charge is -2.18. The van der Waals surface area contributed by atoms with E-state index in [2.05, 4.69) is 17.3 Å². The number of amides is 2. The Bertz CT molecular complexity index is 979. The lowest BCUT2D eigenvalue weighted by molar-refractivity contribution is -0.123. The van der Waals surface area contributed by atoms with E-state index in [1.807, 2.05) is 42.8 Å². The molecular weight excluding hydrogens is 362 g/mol. The SMILES string of the molecule is Cc1nn(Cc2ccccc2Cl)c(C)c1N1C(=O)[C@@H]2[C@@H](C1=O)[C@H]1C=C[C@@H]2C1. The molecule has 2 aromatic rings. The first-order valence-corrected chi connectivity index (χ1v) is 9.68. The minimum absolute atomic E-state index is 0.0645. The number of carbonyl (C=O) groups is 2. The van der Waals surface area contributed by atoms with Gasteiger partial charge in [0, 0.05) is 5.02 Å². The quantitative estimate of drug-likeness (QED) is 0.604. The minimum Gasteiger partial charge on any atom is -0.274 e.